The predicted octanol–water partition coefficient (Wildman–Crippen LogP) is 2.07. The fraction of sp³-hybridized carbons (Fsp3) is 0.800. The molecule has 0 aromatic heterocycles. The third-order valence-electron chi connectivity index (χ3n) is 1.44. The Morgan fingerprint density at radius 2 is 1.69 bits per heavy atom. The zero-order valence-corrected chi connectivity index (χ0v) is 6.11. The van der Waals surface area contributed by atoms with Gasteiger partial charge in [-0.3, -0.25) is 0 Å². The largest absolute Gasteiger partial charge is 0.514 e. The van der Waals surface area contributed by atoms with Gasteiger partial charge in [-0.2, -0.15) is 22.0 Å². The van der Waals surface area contributed by atoms with Crippen LogP contribution in [0.5, 0.6) is 0 Å². The molecule has 0 radical (unpaired) electrons. The highest BCUT2D eigenvalue weighted by atomic mass is 19.4. The molecule has 8 heteroatoms. The zero-order chi connectivity index (χ0) is 10.5. The molecule has 0 N–H and O–H groups in total. The number of hydrogen-bond acceptors (Lipinski definition) is 3. The van der Waals surface area contributed by atoms with Crippen molar-refractivity contribution >= 4 is 6.16 Å². The molecule has 2 atom stereocenters. The van der Waals surface area contributed by atoms with E-state index in [2.05, 4.69) is 9.47 Å². The van der Waals surface area contributed by atoms with Gasteiger partial charge in [-0.1, -0.05) is 0 Å². The molecule has 0 aromatic carbocycles. The van der Waals surface area contributed by atoms with Crippen LogP contribution in [0.4, 0.5) is 26.7 Å². The van der Waals surface area contributed by atoms with E-state index in [1.165, 1.54) is 0 Å². The van der Waals surface area contributed by atoms with Gasteiger partial charge in [0.1, 0.15) is 0 Å². The lowest BCUT2D eigenvalue weighted by atomic mass is 10.1. The first-order valence-corrected chi connectivity index (χ1v) is 2.97. The summed E-state index contributed by atoms with van der Waals surface area (Å²) in [7, 11) is 0. The van der Waals surface area contributed by atoms with Crippen LogP contribution in [-0.2, 0) is 9.47 Å². The number of cyclic esters (lactones) is 2. The highest BCUT2D eigenvalue weighted by Crippen LogP contribution is 2.49. The first-order chi connectivity index (χ1) is 5.60. The number of alkyl halides is 5. The monoisotopic (exact) mass is 206 g/mol. The van der Waals surface area contributed by atoms with Crippen LogP contribution in [0.3, 0.4) is 0 Å². The van der Waals surface area contributed by atoms with E-state index in [1.54, 1.807) is 0 Å². The van der Waals surface area contributed by atoms with Crippen molar-refractivity contribution in [2.75, 3.05) is 0 Å². The normalized spacial score (nSPS) is 40.0. The van der Waals surface area contributed by atoms with E-state index in [-0.39, 0.29) is 6.92 Å². The molecule has 3 nitrogen and oxygen atoms in total. The second-order valence-corrected chi connectivity index (χ2v) is 2.46. The molecule has 0 aromatic rings. The van der Waals surface area contributed by atoms with E-state index >= 15 is 0 Å². The molecule has 1 heterocycles. The Hall–Kier alpha value is -1.08. The molecule has 1 fully saturated rings. The van der Waals surface area contributed by atoms with E-state index in [4.69, 9.17) is 0 Å². The summed E-state index contributed by atoms with van der Waals surface area (Å²) in [6, 6.07) is 0. The molecule has 0 spiro atoms. The van der Waals surface area contributed by atoms with Gasteiger partial charge in [-0.15, -0.1) is 0 Å². The first-order valence-electron chi connectivity index (χ1n) is 2.97. The van der Waals surface area contributed by atoms with Gasteiger partial charge in [0.25, 0.3) is 0 Å². The highest BCUT2D eigenvalue weighted by Gasteiger charge is 2.78. The Labute approximate surface area is 68.4 Å². The number of carbonyl (C=O) groups is 1. The van der Waals surface area contributed by atoms with Gasteiger partial charge >= 0.3 is 24.0 Å². The molecule has 1 rings (SSSR count). The van der Waals surface area contributed by atoms with E-state index in [0.717, 1.165) is 0 Å². The number of carbonyl (C=O) groups excluding carboxylic acids is 1. The van der Waals surface area contributed by atoms with E-state index in [1.807, 2.05) is 0 Å². The van der Waals surface area contributed by atoms with Gasteiger partial charge in [-0.05, 0) is 0 Å². The number of ether oxygens (including phenoxy) is 2. The average Bonchev–Trinajstić information content (AvgIpc) is 2.00. The summed E-state index contributed by atoms with van der Waals surface area (Å²) in [6.07, 6.45) is -7.72. The van der Waals surface area contributed by atoms with Crippen LogP contribution in [0.2, 0.25) is 0 Å². The summed E-state index contributed by atoms with van der Waals surface area (Å²) in [4.78, 5) is 10.1. The SMILES string of the molecule is CC1(F)OC(=O)OC1(F)C(F)(F)F. The van der Waals surface area contributed by atoms with E-state index in [0.29, 0.717) is 0 Å². The Morgan fingerprint density at radius 1 is 1.23 bits per heavy atom. The third kappa shape index (κ3) is 1.20. The molecule has 0 bridgehead atoms. The average molecular weight is 206 g/mol. The molecule has 0 amide bonds. The predicted molar refractivity (Wildman–Crippen MR) is 27.0 cm³/mol. The second kappa shape index (κ2) is 2.24. The molecular weight excluding hydrogens is 203 g/mol. The molecule has 1 saturated heterocycles. The quantitative estimate of drug-likeness (QED) is 0.449. The summed E-state index contributed by atoms with van der Waals surface area (Å²) >= 11 is 0. The van der Waals surface area contributed by atoms with Crippen LogP contribution in [0, 0.1) is 0 Å². The zero-order valence-electron chi connectivity index (χ0n) is 6.11. The minimum Gasteiger partial charge on any atom is -0.389 e. The Morgan fingerprint density at radius 3 is 1.85 bits per heavy atom. The molecule has 2 unspecified atom stereocenters. The number of rotatable bonds is 0. The number of halogens is 5. The maximum atomic E-state index is 12.8. The Bertz CT molecular complexity index is 247. The highest BCUT2D eigenvalue weighted by molar-refractivity contribution is 5.63. The second-order valence-electron chi connectivity index (χ2n) is 2.46. The minimum atomic E-state index is -5.68. The summed E-state index contributed by atoms with van der Waals surface area (Å²) in [5.41, 5.74) is 0. The lowest BCUT2D eigenvalue weighted by molar-refractivity contribution is -0.355. The van der Waals surface area contributed by atoms with Gasteiger partial charge in [0, 0.05) is 6.92 Å². The lowest BCUT2D eigenvalue weighted by Crippen LogP contribution is -2.53. The van der Waals surface area contributed by atoms with Gasteiger partial charge in [0.2, 0.25) is 0 Å². The molecule has 1 aliphatic heterocycles. The van der Waals surface area contributed by atoms with Crippen molar-refractivity contribution in [2.45, 2.75) is 24.8 Å². The van der Waals surface area contributed by atoms with Crippen molar-refractivity contribution in [3.8, 4) is 0 Å². The van der Waals surface area contributed by atoms with Crippen molar-refractivity contribution in [1.82, 2.24) is 0 Å². The maximum Gasteiger partial charge on any atom is 0.514 e. The van der Waals surface area contributed by atoms with Crippen molar-refractivity contribution < 1.29 is 36.2 Å². The molecule has 1 aliphatic rings. The fourth-order valence-corrected chi connectivity index (χ4v) is 0.760. The van der Waals surface area contributed by atoms with Crippen LogP contribution in [0.25, 0.3) is 0 Å². The molecule has 0 saturated carbocycles. The van der Waals surface area contributed by atoms with Crippen LogP contribution >= 0.6 is 0 Å². The first kappa shape index (κ1) is 10.0. The molecule has 13 heavy (non-hydrogen) atoms. The van der Waals surface area contributed by atoms with Crippen LogP contribution in [-0.4, -0.2) is 24.0 Å². The van der Waals surface area contributed by atoms with Gasteiger partial charge in [-0.25, -0.2) is 4.79 Å². The van der Waals surface area contributed by atoms with Crippen molar-refractivity contribution in [3.63, 3.8) is 0 Å². The van der Waals surface area contributed by atoms with Gasteiger partial charge < -0.3 is 9.47 Å². The Balaban J connectivity index is 3.10. The number of hydrogen-bond donors (Lipinski definition) is 0. The van der Waals surface area contributed by atoms with Crippen LogP contribution in [0.1, 0.15) is 6.92 Å². The lowest BCUT2D eigenvalue weighted by Gasteiger charge is -2.26. The van der Waals surface area contributed by atoms with Gasteiger partial charge in [0.15, 0.2) is 0 Å². The minimum absolute atomic E-state index is 0.116. The van der Waals surface area contributed by atoms with E-state index < -0.39 is 24.0 Å². The Kier molecular flexibility index (Phi) is 1.72. The summed E-state index contributed by atoms with van der Waals surface area (Å²) in [5, 5.41) is 0. The molecular formula is C5H3F5O3. The summed E-state index contributed by atoms with van der Waals surface area (Å²) in [5.74, 6) is -8.60. The van der Waals surface area contributed by atoms with Crippen molar-refractivity contribution in [2.24, 2.45) is 0 Å². The van der Waals surface area contributed by atoms with Crippen molar-refractivity contribution in [1.29, 1.82) is 0 Å². The summed E-state index contributed by atoms with van der Waals surface area (Å²) in [6.45, 7) is 0.116. The third-order valence-corrected chi connectivity index (χ3v) is 1.44. The van der Waals surface area contributed by atoms with Gasteiger partial charge in [0.05, 0.1) is 0 Å². The van der Waals surface area contributed by atoms with E-state index in [9.17, 15) is 26.7 Å². The molecule has 76 valence electrons. The topological polar surface area (TPSA) is 35.5 Å². The maximum absolute atomic E-state index is 12.8. The fourth-order valence-electron chi connectivity index (χ4n) is 0.760. The molecule has 0 aliphatic carbocycles. The van der Waals surface area contributed by atoms with Crippen LogP contribution < -0.4 is 0 Å². The standard InChI is InChI=1S/C5H3F5O3/c1-3(6)4(7,5(8,9)10)13-2(11)12-3/h1H3. The smallest absolute Gasteiger partial charge is 0.389 e. The van der Waals surface area contributed by atoms with Crippen molar-refractivity contribution in [3.05, 3.63) is 0 Å². The van der Waals surface area contributed by atoms with Crippen LogP contribution in [0.15, 0.2) is 0 Å². The summed E-state index contributed by atoms with van der Waals surface area (Å²) < 4.78 is 67.5.